The van der Waals surface area contributed by atoms with Gasteiger partial charge in [0.25, 0.3) is 0 Å². The third-order valence-corrected chi connectivity index (χ3v) is 2.29. The molecule has 5 nitrogen and oxygen atoms in total. The molecule has 0 radical (unpaired) electrons. The van der Waals surface area contributed by atoms with Gasteiger partial charge in [0.15, 0.2) is 0 Å². The van der Waals surface area contributed by atoms with Crippen molar-refractivity contribution in [2.75, 3.05) is 26.2 Å². The fourth-order valence-corrected chi connectivity index (χ4v) is 1.58. The quantitative estimate of drug-likeness (QED) is 0.613. The van der Waals surface area contributed by atoms with Crippen LogP contribution in [-0.2, 0) is 4.74 Å². The molecule has 1 aliphatic heterocycles. The summed E-state index contributed by atoms with van der Waals surface area (Å²) in [6.07, 6.45) is 0.811. The normalized spacial score (nSPS) is 20.8. The number of rotatable bonds is 4. The molecule has 1 rings (SSSR count). The van der Waals surface area contributed by atoms with Crippen molar-refractivity contribution in [1.82, 2.24) is 16.0 Å². The van der Waals surface area contributed by atoms with E-state index < -0.39 is 5.60 Å². The summed E-state index contributed by atoms with van der Waals surface area (Å²) in [4.78, 5) is 11.3. The fraction of sp³-hybridized carbons (Fsp3) is 0.909. The Hall–Kier alpha value is -0.810. The van der Waals surface area contributed by atoms with E-state index in [4.69, 9.17) is 4.74 Å². The molecule has 1 heterocycles. The molecular weight excluding hydrogens is 206 g/mol. The molecule has 0 aromatic rings. The molecule has 5 heteroatoms. The Bertz CT molecular complexity index is 220. The van der Waals surface area contributed by atoms with Crippen LogP contribution in [0, 0.1) is 0 Å². The van der Waals surface area contributed by atoms with Gasteiger partial charge in [0, 0.05) is 25.7 Å². The van der Waals surface area contributed by atoms with Crippen LogP contribution >= 0.6 is 0 Å². The van der Waals surface area contributed by atoms with Crippen molar-refractivity contribution in [2.45, 2.75) is 38.8 Å². The summed E-state index contributed by atoms with van der Waals surface area (Å²) < 4.78 is 5.12. The van der Waals surface area contributed by atoms with Crippen molar-refractivity contribution in [1.29, 1.82) is 0 Å². The average molecular weight is 229 g/mol. The molecule has 0 aromatic heterocycles. The zero-order valence-electron chi connectivity index (χ0n) is 10.4. The molecule has 1 fully saturated rings. The Labute approximate surface area is 97.3 Å². The Morgan fingerprint density at radius 2 is 2.19 bits per heavy atom. The van der Waals surface area contributed by atoms with Crippen LogP contribution in [0.5, 0.6) is 0 Å². The number of carbonyl (C=O) groups excluding carboxylic acids is 1. The molecular formula is C11H23N3O2. The molecule has 1 aliphatic rings. The van der Waals surface area contributed by atoms with Crippen molar-refractivity contribution >= 4 is 6.09 Å². The first-order valence-corrected chi connectivity index (χ1v) is 5.88. The number of amides is 1. The molecule has 0 unspecified atom stereocenters. The van der Waals surface area contributed by atoms with Gasteiger partial charge in [-0.05, 0) is 33.7 Å². The molecule has 0 aliphatic carbocycles. The predicted octanol–water partition coefficient (Wildman–Crippen LogP) is 0.463. The number of nitrogens with one attached hydrogen (secondary N) is 3. The van der Waals surface area contributed by atoms with E-state index in [0.717, 1.165) is 26.1 Å². The van der Waals surface area contributed by atoms with E-state index in [-0.39, 0.29) is 6.09 Å². The van der Waals surface area contributed by atoms with E-state index in [1.807, 2.05) is 20.8 Å². The Balaban J connectivity index is 2.00. The third kappa shape index (κ3) is 5.92. The van der Waals surface area contributed by atoms with Gasteiger partial charge in [-0.2, -0.15) is 0 Å². The summed E-state index contributed by atoms with van der Waals surface area (Å²) in [6, 6.07) is 0.542. The largest absolute Gasteiger partial charge is 0.444 e. The minimum Gasteiger partial charge on any atom is -0.444 e. The first-order valence-electron chi connectivity index (χ1n) is 5.88. The second kappa shape index (κ2) is 6.06. The summed E-state index contributed by atoms with van der Waals surface area (Å²) in [5.74, 6) is 0. The lowest BCUT2D eigenvalue weighted by Crippen LogP contribution is -2.39. The lowest BCUT2D eigenvalue weighted by Gasteiger charge is -2.20. The van der Waals surface area contributed by atoms with Gasteiger partial charge in [-0.3, -0.25) is 0 Å². The van der Waals surface area contributed by atoms with Crippen LogP contribution in [-0.4, -0.2) is 43.9 Å². The number of carbonyl (C=O) groups is 1. The summed E-state index contributed by atoms with van der Waals surface area (Å²) in [5, 5.41) is 9.36. The lowest BCUT2D eigenvalue weighted by molar-refractivity contribution is 0.0528. The van der Waals surface area contributed by atoms with E-state index in [9.17, 15) is 4.79 Å². The predicted molar refractivity (Wildman–Crippen MR) is 63.5 cm³/mol. The molecule has 1 atom stereocenters. The van der Waals surface area contributed by atoms with Crippen LogP contribution in [0.15, 0.2) is 0 Å². The van der Waals surface area contributed by atoms with Crippen LogP contribution in [0.3, 0.4) is 0 Å². The van der Waals surface area contributed by atoms with E-state index in [1.165, 1.54) is 0 Å². The van der Waals surface area contributed by atoms with Gasteiger partial charge in [-0.1, -0.05) is 0 Å². The molecule has 3 N–H and O–H groups in total. The Morgan fingerprint density at radius 3 is 2.75 bits per heavy atom. The Kier molecular flexibility index (Phi) is 5.02. The fourth-order valence-electron chi connectivity index (χ4n) is 1.58. The maximum Gasteiger partial charge on any atom is 0.407 e. The highest BCUT2D eigenvalue weighted by Gasteiger charge is 2.16. The summed E-state index contributed by atoms with van der Waals surface area (Å²) in [7, 11) is 0. The topological polar surface area (TPSA) is 62.4 Å². The first kappa shape index (κ1) is 13.3. The second-order valence-electron chi connectivity index (χ2n) is 5.07. The first-order chi connectivity index (χ1) is 7.47. The van der Waals surface area contributed by atoms with Gasteiger partial charge in [0.1, 0.15) is 5.60 Å². The molecule has 16 heavy (non-hydrogen) atoms. The summed E-state index contributed by atoms with van der Waals surface area (Å²) >= 11 is 0. The van der Waals surface area contributed by atoms with Crippen LogP contribution in [0.2, 0.25) is 0 Å². The molecule has 1 amide bonds. The van der Waals surface area contributed by atoms with E-state index in [2.05, 4.69) is 16.0 Å². The molecule has 0 spiro atoms. The van der Waals surface area contributed by atoms with Gasteiger partial charge in [-0.25, -0.2) is 4.79 Å². The highest BCUT2D eigenvalue weighted by Crippen LogP contribution is 2.06. The summed E-state index contributed by atoms with van der Waals surface area (Å²) in [6.45, 7) is 9.06. The monoisotopic (exact) mass is 229 g/mol. The number of ether oxygens (including phenoxy) is 1. The minimum atomic E-state index is -0.424. The zero-order chi connectivity index (χ0) is 12.0. The van der Waals surface area contributed by atoms with Gasteiger partial charge >= 0.3 is 6.09 Å². The minimum absolute atomic E-state index is 0.348. The average Bonchev–Trinajstić information content (AvgIpc) is 2.62. The van der Waals surface area contributed by atoms with Crippen molar-refractivity contribution in [3.63, 3.8) is 0 Å². The molecule has 0 bridgehead atoms. The second-order valence-corrected chi connectivity index (χ2v) is 5.07. The van der Waals surface area contributed by atoms with Crippen LogP contribution < -0.4 is 16.0 Å². The maximum absolute atomic E-state index is 11.3. The van der Waals surface area contributed by atoms with Crippen molar-refractivity contribution < 1.29 is 9.53 Å². The van der Waals surface area contributed by atoms with Crippen LogP contribution in [0.25, 0.3) is 0 Å². The molecule has 1 saturated heterocycles. The number of alkyl carbamates (subject to hydrolysis) is 1. The Morgan fingerprint density at radius 1 is 1.44 bits per heavy atom. The van der Waals surface area contributed by atoms with E-state index >= 15 is 0 Å². The number of hydrogen-bond donors (Lipinski definition) is 3. The van der Waals surface area contributed by atoms with Gasteiger partial charge in [0.05, 0.1) is 0 Å². The smallest absolute Gasteiger partial charge is 0.407 e. The van der Waals surface area contributed by atoms with Gasteiger partial charge in [0.2, 0.25) is 0 Å². The molecule has 0 aromatic carbocycles. The van der Waals surface area contributed by atoms with Crippen LogP contribution in [0.4, 0.5) is 4.79 Å². The zero-order valence-corrected chi connectivity index (χ0v) is 10.4. The SMILES string of the molecule is CC(C)(C)OC(=O)NCCN[C@H]1CCNC1. The van der Waals surface area contributed by atoms with E-state index in [1.54, 1.807) is 0 Å². The highest BCUT2D eigenvalue weighted by molar-refractivity contribution is 5.67. The lowest BCUT2D eigenvalue weighted by atomic mass is 10.2. The number of hydrogen-bond acceptors (Lipinski definition) is 4. The molecule has 94 valence electrons. The van der Waals surface area contributed by atoms with Crippen molar-refractivity contribution in [2.24, 2.45) is 0 Å². The summed E-state index contributed by atoms with van der Waals surface area (Å²) in [5.41, 5.74) is -0.424. The van der Waals surface area contributed by atoms with E-state index in [0.29, 0.717) is 12.6 Å². The van der Waals surface area contributed by atoms with Crippen molar-refractivity contribution in [3.8, 4) is 0 Å². The maximum atomic E-state index is 11.3. The van der Waals surface area contributed by atoms with Crippen LogP contribution in [0.1, 0.15) is 27.2 Å². The molecule has 0 saturated carbocycles. The highest BCUT2D eigenvalue weighted by atomic mass is 16.6. The third-order valence-electron chi connectivity index (χ3n) is 2.29. The standard InChI is InChI=1S/C11H23N3O2/c1-11(2,3)16-10(15)14-7-6-13-9-4-5-12-8-9/h9,12-13H,4-8H2,1-3H3,(H,14,15)/t9-/m0/s1. The van der Waals surface area contributed by atoms with Crippen molar-refractivity contribution in [3.05, 3.63) is 0 Å². The van der Waals surface area contributed by atoms with Gasteiger partial charge in [-0.15, -0.1) is 0 Å². The van der Waals surface area contributed by atoms with Gasteiger partial charge < -0.3 is 20.7 Å².